The number of halogens is 1. The van der Waals surface area contributed by atoms with Crippen molar-refractivity contribution < 1.29 is 14.3 Å². The van der Waals surface area contributed by atoms with E-state index >= 15 is 0 Å². The molecule has 0 atom stereocenters. The zero-order valence-corrected chi connectivity index (χ0v) is 20.1. The summed E-state index contributed by atoms with van der Waals surface area (Å²) in [6.07, 6.45) is 3.88. The number of aromatic nitrogens is 1. The summed E-state index contributed by atoms with van der Waals surface area (Å²) < 4.78 is 13.6. The Hall–Kier alpha value is -3.07. The zero-order chi connectivity index (χ0) is 23.9. The number of nitrogens with zero attached hydrogens (tertiary/aromatic N) is 3. The Kier molecular flexibility index (Phi) is 5.88. The van der Waals surface area contributed by atoms with Crippen LogP contribution in [0.5, 0.6) is 11.5 Å². The molecule has 6 rings (SSSR count). The second kappa shape index (κ2) is 9.18. The first-order valence-corrected chi connectivity index (χ1v) is 12.5. The highest BCUT2D eigenvalue weighted by Crippen LogP contribution is 2.46. The van der Waals surface area contributed by atoms with E-state index in [-0.39, 0.29) is 16.9 Å². The molecule has 1 N–H and O–H groups in total. The Balaban J connectivity index is 1.41. The lowest BCUT2D eigenvalue weighted by Gasteiger charge is -2.29. The molecule has 0 spiro atoms. The molecule has 9 heteroatoms. The minimum Gasteiger partial charge on any atom is -0.451 e. The monoisotopic (exact) mass is 494 g/mol. The molecule has 2 fully saturated rings. The van der Waals surface area contributed by atoms with Gasteiger partial charge in [-0.3, -0.25) is 14.5 Å². The average Bonchev–Trinajstić information content (AvgIpc) is 3.40. The Morgan fingerprint density at radius 1 is 1.03 bits per heavy atom. The van der Waals surface area contributed by atoms with Crippen molar-refractivity contribution >= 4 is 34.1 Å². The summed E-state index contributed by atoms with van der Waals surface area (Å²) in [5.74, 6) is 0.858. The van der Waals surface area contributed by atoms with Gasteiger partial charge in [0.1, 0.15) is 11.1 Å². The summed E-state index contributed by atoms with van der Waals surface area (Å²) in [4.78, 5) is 31.1. The zero-order valence-electron chi connectivity index (χ0n) is 19.4. The Bertz CT molecular complexity index is 1360. The number of fused-ring (bicyclic) bond motifs is 2. The fourth-order valence-corrected chi connectivity index (χ4v) is 5.33. The van der Waals surface area contributed by atoms with Gasteiger partial charge in [0.05, 0.1) is 30.0 Å². The van der Waals surface area contributed by atoms with Crippen LogP contribution in [0.15, 0.2) is 41.3 Å². The number of hydrogen-bond acceptors (Lipinski definition) is 6. The number of nitrogens with one attached hydrogen (secondary N) is 1. The molecule has 3 aromatic rings. The Morgan fingerprint density at radius 3 is 2.60 bits per heavy atom. The van der Waals surface area contributed by atoms with Crippen LogP contribution in [0.25, 0.3) is 16.6 Å². The number of benzene rings is 2. The first-order chi connectivity index (χ1) is 17.1. The molecular formula is C26H27ClN4O4. The third-order valence-electron chi connectivity index (χ3n) is 7.00. The van der Waals surface area contributed by atoms with Gasteiger partial charge in [-0.05, 0) is 37.1 Å². The van der Waals surface area contributed by atoms with Crippen LogP contribution in [0.3, 0.4) is 0 Å². The topological polar surface area (TPSA) is 76.0 Å². The van der Waals surface area contributed by atoms with E-state index in [2.05, 4.69) is 15.1 Å². The summed E-state index contributed by atoms with van der Waals surface area (Å²) in [5, 5.41) is 3.95. The molecular weight excluding hydrogens is 468 g/mol. The molecule has 0 bridgehead atoms. The van der Waals surface area contributed by atoms with Gasteiger partial charge >= 0.3 is 0 Å². The minimum atomic E-state index is -0.374. The molecule has 4 heterocycles. The lowest BCUT2D eigenvalue weighted by molar-refractivity contribution is 0.0383. The van der Waals surface area contributed by atoms with Crippen molar-refractivity contribution in [2.45, 2.75) is 12.8 Å². The maximum absolute atomic E-state index is 13.5. The van der Waals surface area contributed by atoms with Gasteiger partial charge in [0.25, 0.3) is 5.91 Å². The number of rotatable bonds is 5. The van der Waals surface area contributed by atoms with Gasteiger partial charge in [-0.15, -0.1) is 0 Å². The molecule has 0 unspecified atom stereocenters. The van der Waals surface area contributed by atoms with Crippen LogP contribution in [0.1, 0.15) is 23.2 Å². The van der Waals surface area contributed by atoms with Gasteiger partial charge in [-0.1, -0.05) is 11.6 Å². The lowest BCUT2D eigenvalue weighted by atomic mass is 10.1. The van der Waals surface area contributed by atoms with E-state index in [0.29, 0.717) is 47.2 Å². The van der Waals surface area contributed by atoms with Crippen LogP contribution in [0, 0.1) is 0 Å². The minimum absolute atomic E-state index is 0.113. The number of carbonyl (C=O) groups excluding carboxylic acids is 1. The summed E-state index contributed by atoms with van der Waals surface area (Å²) >= 11 is 6.28. The smallest absolute Gasteiger partial charge is 0.256 e. The van der Waals surface area contributed by atoms with Gasteiger partial charge in [0, 0.05) is 56.6 Å². The van der Waals surface area contributed by atoms with E-state index in [9.17, 15) is 9.59 Å². The van der Waals surface area contributed by atoms with Crippen molar-refractivity contribution in [3.8, 4) is 17.2 Å². The summed E-state index contributed by atoms with van der Waals surface area (Å²) in [6.45, 7) is 6.17. The second-order valence-corrected chi connectivity index (χ2v) is 9.61. The molecule has 182 valence electrons. The number of hydrogen-bond donors (Lipinski definition) is 1. The number of pyridine rings is 1. The molecule has 1 amide bonds. The van der Waals surface area contributed by atoms with Crippen LogP contribution in [-0.2, 0) is 4.74 Å². The first-order valence-electron chi connectivity index (χ1n) is 12.1. The van der Waals surface area contributed by atoms with Crippen LogP contribution < -0.4 is 20.4 Å². The van der Waals surface area contributed by atoms with Crippen molar-refractivity contribution in [1.29, 1.82) is 0 Å². The molecule has 2 aromatic carbocycles. The van der Waals surface area contributed by atoms with Crippen molar-refractivity contribution in [1.82, 2.24) is 14.8 Å². The van der Waals surface area contributed by atoms with Gasteiger partial charge in [0.15, 0.2) is 11.5 Å². The Morgan fingerprint density at radius 2 is 1.80 bits per heavy atom. The average molecular weight is 495 g/mol. The normalized spacial score (nSPS) is 17.3. The van der Waals surface area contributed by atoms with E-state index in [0.717, 1.165) is 56.9 Å². The van der Waals surface area contributed by atoms with Crippen LogP contribution in [-0.4, -0.2) is 67.9 Å². The van der Waals surface area contributed by atoms with Gasteiger partial charge < -0.3 is 24.3 Å². The van der Waals surface area contributed by atoms with Crippen molar-refractivity contribution in [3.63, 3.8) is 0 Å². The van der Waals surface area contributed by atoms with E-state index in [1.165, 1.54) is 0 Å². The fourth-order valence-electron chi connectivity index (χ4n) is 5.17. The highest BCUT2D eigenvalue weighted by molar-refractivity contribution is 6.30. The molecule has 3 aliphatic rings. The van der Waals surface area contributed by atoms with Crippen molar-refractivity contribution in [2.24, 2.45) is 0 Å². The van der Waals surface area contributed by atoms with Gasteiger partial charge in [0.2, 0.25) is 5.43 Å². The number of ether oxygens (including phenoxy) is 2. The molecule has 35 heavy (non-hydrogen) atoms. The maximum atomic E-state index is 13.5. The summed E-state index contributed by atoms with van der Waals surface area (Å²) in [7, 11) is 0. The van der Waals surface area contributed by atoms with Crippen LogP contribution in [0.4, 0.5) is 5.69 Å². The standard InChI is InChI=1S/C26H27ClN4O4/c27-17-3-5-20-22(15-17)35-25-21(30-8-1-2-9-30)6-4-18-23(25)31(20)16-19(24(18)32)26(33)28-7-10-29-11-13-34-14-12-29/h3-6,15-16H,1-2,7-14H2,(H,28,33). The van der Waals surface area contributed by atoms with Crippen molar-refractivity contribution in [2.75, 3.05) is 57.4 Å². The van der Waals surface area contributed by atoms with Crippen LogP contribution in [0.2, 0.25) is 5.02 Å². The largest absolute Gasteiger partial charge is 0.451 e. The maximum Gasteiger partial charge on any atom is 0.256 e. The van der Waals surface area contributed by atoms with Gasteiger partial charge in [-0.2, -0.15) is 0 Å². The fraction of sp³-hybridized carbons (Fsp3) is 0.385. The molecule has 8 nitrogen and oxygen atoms in total. The molecule has 0 aliphatic carbocycles. The second-order valence-electron chi connectivity index (χ2n) is 9.17. The van der Waals surface area contributed by atoms with E-state index in [1.54, 1.807) is 18.3 Å². The molecule has 1 aromatic heterocycles. The lowest BCUT2D eigenvalue weighted by Crippen LogP contribution is -2.42. The van der Waals surface area contributed by atoms with E-state index < -0.39 is 0 Å². The Labute approximate surface area is 208 Å². The summed E-state index contributed by atoms with van der Waals surface area (Å²) in [6, 6.07) is 9.16. The highest BCUT2D eigenvalue weighted by Gasteiger charge is 2.28. The summed E-state index contributed by atoms with van der Waals surface area (Å²) in [5.41, 5.74) is 2.20. The SMILES string of the molecule is O=C(NCCN1CCOCC1)c1cn2c3c(c(N4CCCC4)ccc3c1=O)Oc1cc(Cl)ccc1-2. The van der Waals surface area contributed by atoms with E-state index in [4.69, 9.17) is 21.1 Å². The third-order valence-corrected chi connectivity index (χ3v) is 7.24. The third kappa shape index (κ3) is 4.05. The number of carbonyl (C=O) groups is 1. The molecule has 0 saturated carbocycles. The van der Waals surface area contributed by atoms with E-state index in [1.807, 2.05) is 22.8 Å². The predicted octanol–water partition coefficient (Wildman–Crippen LogP) is 3.41. The quantitative estimate of drug-likeness (QED) is 0.458. The number of anilines is 1. The predicted molar refractivity (Wildman–Crippen MR) is 136 cm³/mol. The molecule has 2 saturated heterocycles. The molecule has 0 radical (unpaired) electrons. The van der Waals surface area contributed by atoms with Gasteiger partial charge in [-0.25, -0.2) is 0 Å². The van der Waals surface area contributed by atoms with Crippen molar-refractivity contribution in [3.05, 3.63) is 57.3 Å². The first kappa shape index (κ1) is 22.4. The number of morpholine rings is 1. The highest BCUT2D eigenvalue weighted by atomic mass is 35.5. The molecule has 3 aliphatic heterocycles. The van der Waals surface area contributed by atoms with Crippen LogP contribution >= 0.6 is 11.6 Å². The number of amides is 1.